The predicted molar refractivity (Wildman–Crippen MR) is 153 cm³/mol. The fourth-order valence-electron chi connectivity index (χ4n) is 6.06. The van der Waals surface area contributed by atoms with E-state index in [1.807, 2.05) is 24.3 Å². The summed E-state index contributed by atoms with van der Waals surface area (Å²) in [4.78, 5) is 0. The maximum absolute atomic E-state index is 4.28. The van der Waals surface area contributed by atoms with Gasteiger partial charge in [-0.25, -0.2) is 0 Å². The van der Waals surface area contributed by atoms with Gasteiger partial charge < -0.3 is 0 Å². The third kappa shape index (κ3) is 3.08. The molecule has 7 rings (SSSR count). The number of aryl methyl sites for hydroxylation is 1. The van der Waals surface area contributed by atoms with Gasteiger partial charge in [0.25, 0.3) is 0 Å². The van der Waals surface area contributed by atoms with Crippen LogP contribution in [0, 0.1) is 6.92 Å². The van der Waals surface area contributed by atoms with E-state index >= 15 is 0 Å². The Labute approximate surface area is 213 Å². The average Bonchev–Trinajstić information content (AvgIpc) is 3.41. The summed E-state index contributed by atoms with van der Waals surface area (Å²) in [7, 11) is 0. The molecule has 172 valence electrons. The van der Waals surface area contributed by atoms with E-state index in [0.717, 1.165) is 5.57 Å². The summed E-state index contributed by atoms with van der Waals surface area (Å²) >= 11 is 0. The van der Waals surface area contributed by atoms with Crippen LogP contribution in [0.1, 0.15) is 33.4 Å². The van der Waals surface area contributed by atoms with Gasteiger partial charge in [0.15, 0.2) is 0 Å². The van der Waals surface area contributed by atoms with Crippen LogP contribution in [0.2, 0.25) is 0 Å². The largest absolute Gasteiger partial charge is 0.0985 e. The van der Waals surface area contributed by atoms with E-state index in [1.54, 1.807) is 0 Å². The number of fused-ring (bicyclic) bond motifs is 10. The Balaban J connectivity index is 0.000000299. The molecule has 2 aliphatic carbocycles. The molecule has 0 fully saturated rings. The van der Waals surface area contributed by atoms with Gasteiger partial charge in [-0.2, -0.15) is 0 Å². The van der Waals surface area contributed by atoms with Crippen molar-refractivity contribution in [2.24, 2.45) is 0 Å². The van der Waals surface area contributed by atoms with E-state index in [2.05, 4.69) is 123 Å². The number of hydrogen-bond acceptors (Lipinski definition) is 0. The molecule has 0 heteroatoms. The van der Waals surface area contributed by atoms with Crippen LogP contribution in [0.5, 0.6) is 0 Å². The second-order valence-electron chi connectivity index (χ2n) is 9.50. The smallest absolute Gasteiger partial charge is 0.0725 e. The van der Waals surface area contributed by atoms with Crippen LogP contribution >= 0.6 is 0 Å². The summed E-state index contributed by atoms with van der Waals surface area (Å²) < 4.78 is 0. The minimum atomic E-state index is -0.281. The molecular formula is C36H28. The number of allylic oxidation sites excluding steroid dienone is 2. The van der Waals surface area contributed by atoms with Crippen LogP contribution < -0.4 is 0 Å². The summed E-state index contributed by atoms with van der Waals surface area (Å²) in [6.45, 7) is 10.3. The number of benzene rings is 5. The topological polar surface area (TPSA) is 0 Å². The molecular weight excluding hydrogens is 432 g/mol. The van der Waals surface area contributed by atoms with Crippen molar-refractivity contribution in [1.29, 1.82) is 0 Å². The highest BCUT2D eigenvalue weighted by Crippen LogP contribution is 2.63. The summed E-state index contributed by atoms with van der Waals surface area (Å²) in [5.74, 6) is 0. The highest BCUT2D eigenvalue weighted by Gasteiger charge is 2.51. The molecule has 0 nitrogen and oxygen atoms in total. The van der Waals surface area contributed by atoms with E-state index in [0.29, 0.717) is 0 Å². The molecule has 1 spiro atoms. The van der Waals surface area contributed by atoms with Gasteiger partial charge in [0.2, 0.25) is 0 Å². The SMILES string of the molecule is C=CC(=C)c1cccc2c1-c1ccccc1C21c2ccccc2-c2ccccc21.Cc1ccccc1. The molecule has 0 unspecified atom stereocenters. The molecule has 36 heavy (non-hydrogen) atoms. The Hall–Kier alpha value is -4.42. The van der Waals surface area contributed by atoms with E-state index in [1.165, 1.54) is 55.6 Å². The molecule has 2 aliphatic rings. The van der Waals surface area contributed by atoms with Crippen LogP contribution in [0.4, 0.5) is 0 Å². The monoisotopic (exact) mass is 460 g/mol. The Bertz CT molecular complexity index is 1570. The maximum Gasteiger partial charge on any atom is 0.0725 e. The summed E-state index contributed by atoms with van der Waals surface area (Å²) in [5, 5.41) is 0. The fraction of sp³-hybridized carbons (Fsp3) is 0.0556. The van der Waals surface area contributed by atoms with Crippen molar-refractivity contribution in [3.63, 3.8) is 0 Å². The van der Waals surface area contributed by atoms with Gasteiger partial charge in [0.05, 0.1) is 5.41 Å². The van der Waals surface area contributed by atoms with Gasteiger partial charge >= 0.3 is 0 Å². The van der Waals surface area contributed by atoms with Gasteiger partial charge in [-0.05, 0) is 62.6 Å². The highest BCUT2D eigenvalue weighted by molar-refractivity contribution is 5.99. The van der Waals surface area contributed by atoms with E-state index < -0.39 is 0 Å². The molecule has 0 aromatic heterocycles. The third-order valence-electron chi connectivity index (χ3n) is 7.55. The molecule has 0 heterocycles. The van der Waals surface area contributed by atoms with Crippen molar-refractivity contribution in [2.75, 3.05) is 0 Å². The lowest BCUT2D eigenvalue weighted by atomic mass is 9.70. The molecule has 0 saturated heterocycles. The van der Waals surface area contributed by atoms with Gasteiger partial charge in [0.1, 0.15) is 0 Å². The van der Waals surface area contributed by atoms with Gasteiger partial charge in [-0.1, -0.05) is 146 Å². The molecule has 0 bridgehead atoms. The van der Waals surface area contributed by atoms with Crippen LogP contribution in [0.3, 0.4) is 0 Å². The zero-order valence-corrected chi connectivity index (χ0v) is 20.5. The summed E-state index contributed by atoms with van der Waals surface area (Å²) in [6, 6.07) is 43.5. The van der Waals surface area contributed by atoms with Crippen molar-refractivity contribution < 1.29 is 0 Å². The molecule has 0 radical (unpaired) electrons. The standard InChI is InChI=1S/C29H20.C7H8/c1-3-19(2)20-14-10-18-27-28(20)23-13-6-9-17-26(23)29(27)24-15-7-4-11-21(24)22-12-5-8-16-25(22)29;1-7-5-3-2-4-6-7/h3-18H,1-2H2;2-6H,1H3. The third-order valence-corrected chi connectivity index (χ3v) is 7.55. The Morgan fingerprint density at radius 2 is 1.03 bits per heavy atom. The normalized spacial score (nSPS) is 13.0. The van der Waals surface area contributed by atoms with Crippen LogP contribution in [0.25, 0.3) is 27.8 Å². The molecule has 0 N–H and O–H groups in total. The Morgan fingerprint density at radius 1 is 0.556 bits per heavy atom. The van der Waals surface area contributed by atoms with Crippen molar-refractivity contribution in [1.82, 2.24) is 0 Å². The first-order valence-corrected chi connectivity index (χ1v) is 12.4. The Morgan fingerprint density at radius 3 is 1.56 bits per heavy atom. The van der Waals surface area contributed by atoms with Crippen LogP contribution in [-0.4, -0.2) is 0 Å². The first kappa shape index (κ1) is 22.1. The first-order valence-electron chi connectivity index (χ1n) is 12.4. The minimum absolute atomic E-state index is 0.281. The number of hydrogen-bond donors (Lipinski definition) is 0. The second-order valence-corrected chi connectivity index (χ2v) is 9.50. The number of rotatable bonds is 2. The molecule has 5 aromatic carbocycles. The van der Waals surface area contributed by atoms with Crippen LogP contribution in [-0.2, 0) is 5.41 Å². The first-order chi connectivity index (χ1) is 17.7. The highest BCUT2D eigenvalue weighted by atomic mass is 14.5. The van der Waals surface area contributed by atoms with E-state index in [4.69, 9.17) is 0 Å². The minimum Gasteiger partial charge on any atom is -0.0985 e. The maximum atomic E-state index is 4.28. The van der Waals surface area contributed by atoms with E-state index in [9.17, 15) is 0 Å². The summed E-state index contributed by atoms with van der Waals surface area (Å²) in [6.07, 6.45) is 1.86. The van der Waals surface area contributed by atoms with Crippen molar-refractivity contribution in [2.45, 2.75) is 12.3 Å². The fourth-order valence-corrected chi connectivity index (χ4v) is 6.06. The van der Waals surface area contributed by atoms with E-state index in [-0.39, 0.29) is 5.41 Å². The quantitative estimate of drug-likeness (QED) is 0.226. The van der Waals surface area contributed by atoms with Gasteiger partial charge in [-0.15, -0.1) is 0 Å². The molecule has 5 aromatic rings. The summed E-state index contributed by atoms with van der Waals surface area (Å²) in [5.41, 5.74) is 13.9. The molecule has 0 aliphatic heterocycles. The lowest BCUT2D eigenvalue weighted by Gasteiger charge is -2.30. The second kappa shape index (κ2) is 8.66. The predicted octanol–water partition coefficient (Wildman–Crippen LogP) is 9.22. The molecule has 0 amide bonds. The molecule has 0 atom stereocenters. The zero-order valence-electron chi connectivity index (χ0n) is 20.5. The molecule has 0 saturated carbocycles. The van der Waals surface area contributed by atoms with Crippen molar-refractivity contribution >= 4 is 5.57 Å². The van der Waals surface area contributed by atoms with Gasteiger partial charge in [0, 0.05) is 0 Å². The average molecular weight is 461 g/mol. The lowest BCUT2D eigenvalue weighted by molar-refractivity contribution is 0.793. The lowest BCUT2D eigenvalue weighted by Crippen LogP contribution is -2.25. The van der Waals surface area contributed by atoms with Crippen molar-refractivity contribution in [3.8, 4) is 22.3 Å². The van der Waals surface area contributed by atoms with Crippen LogP contribution in [0.15, 0.2) is 141 Å². The Kier molecular flexibility index (Phi) is 5.31. The van der Waals surface area contributed by atoms with Crippen molar-refractivity contribution in [3.05, 3.63) is 174 Å². The zero-order chi connectivity index (χ0) is 24.7. The van der Waals surface area contributed by atoms with Gasteiger partial charge in [-0.3, -0.25) is 0 Å².